The van der Waals surface area contributed by atoms with Gasteiger partial charge in [-0.15, -0.1) is 0 Å². The molecule has 0 spiro atoms. The van der Waals surface area contributed by atoms with Crippen molar-refractivity contribution in [1.29, 1.82) is 0 Å². The van der Waals surface area contributed by atoms with Crippen molar-refractivity contribution in [1.82, 2.24) is 4.90 Å². The zero-order valence-electron chi connectivity index (χ0n) is 16.4. The number of ether oxygens (including phenoxy) is 1. The monoisotopic (exact) mass is 373 g/mol. The largest absolute Gasteiger partial charge is 0.378 e. The topological polar surface area (TPSA) is 75.9 Å². The normalized spacial score (nSPS) is 21.1. The van der Waals surface area contributed by atoms with Crippen molar-refractivity contribution in [2.45, 2.75) is 45.6 Å². The summed E-state index contributed by atoms with van der Waals surface area (Å²) in [6.07, 6.45) is 3.11. The first-order valence-electron chi connectivity index (χ1n) is 9.98. The van der Waals surface area contributed by atoms with Crippen LogP contribution in [0.3, 0.4) is 0 Å². The van der Waals surface area contributed by atoms with E-state index in [0.717, 1.165) is 36.1 Å². The summed E-state index contributed by atoms with van der Waals surface area (Å²) in [5, 5.41) is 0. The second-order valence-corrected chi connectivity index (χ2v) is 7.66. The van der Waals surface area contributed by atoms with E-state index < -0.39 is 0 Å². The van der Waals surface area contributed by atoms with Gasteiger partial charge in [-0.25, -0.2) is 0 Å². The molecular formula is C21H31N3O3. The lowest BCUT2D eigenvalue weighted by atomic mass is 10.0. The van der Waals surface area contributed by atoms with Crippen LogP contribution in [0.5, 0.6) is 0 Å². The van der Waals surface area contributed by atoms with E-state index >= 15 is 0 Å². The smallest absolute Gasteiger partial charge is 0.228 e. The van der Waals surface area contributed by atoms with Crippen molar-refractivity contribution in [3.05, 3.63) is 29.3 Å². The number of amides is 2. The zero-order chi connectivity index (χ0) is 19.4. The van der Waals surface area contributed by atoms with E-state index in [9.17, 15) is 9.59 Å². The van der Waals surface area contributed by atoms with E-state index in [-0.39, 0.29) is 23.8 Å². The molecule has 2 saturated heterocycles. The summed E-state index contributed by atoms with van der Waals surface area (Å²) in [6.45, 7) is 7.31. The highest BCUT2D eigenvalue weighted by Gasteiger charge is 2.38. The van der Waals surface area contributed by atoms with Crippen LogP contribution in [0.1, 0.15) is 36.8 Å². The molecule has 1 aromatic carbocycles. The second-order valence-electron chi connectivity index (χ2n) is 7.66. The van der Waals surface area contributed by atoms with Gasteiger partial charge in [-0.1, -0.05) is 12.1 Å². The van der Waals surface area contributed by atoms with Gasteiger partial charge < -0.3 is 20.3 Å². The molecule has 0 radical (unpaired) electrons. The fourth-order valence-electron chi connectivity index (χ4n) is 3.97. The number of hydrogen-bond acceptors (Lipinski definition) is 4. The van der Waals surface area contributed by atoms with E-state index in [2.05, 4.69) is 0 Å². The maximum atomic E-state index is 12.9. The number of carbonyl (C=O) groups is 2. The molecule has 2 heterocycles. The Balaban J connectivity index is 1.56. The number of carbonyl (C=O) groups excluding carboxylic acids is 2. The zero-order valence-corrected chi connectivity index (χ0v) is 16.4. The summed E-state index contributed by atoms with van der Waals surface area (Å²) in [5.41, 5.74) is 8.69. The lowest BCUT2D eigenvalue weighted by molar-refractivity contribution is -0.138. The van der Waals surface area contributed by atoms with Crippen molar-refractivity contribution in [3.63, 3.8) is 0 Å². The molecule has 6 heteroatoms. The van der Waals surface area contributed by atoms with Crippen molar-refractivity contribution < 1.29 is 14.3 Å². The fraction of sp³-hybridized carbons (Fsp3) is 0.619. The number of rotatable bonds is 6. The molecule has 148 valence electrons. The maximum Gasteiger partial charge on any atom is 0.228 e. The van der Waals surface area contributed by atoms with E-state index in [1.54, 1.807) is 4.90 Å². The minimum atomic E-state index is -0.243. The number of hydrogen-bond donors (Lipinski definition) is 1. The lowest BCUT2D eigenvalue weighted by Crippen LogP contribution is -2.44. The van der Waals surface area contributed by atoms with Crippen LogP contribution in [0.4, 0.5) is 5.69 Å². The predicted molar refractivity (Wildman–Crippen MR) is 106 cm³/mol. The molecule has 0 unspecified atom stereocenters. The molecule has 0 bridgehead atoms. The van der Waals surface area contributed by atoms with E-state index in [0.29, 0.717) is 39.2 Å². The Labute approximate surface area is 161 Å². The molecule has 2 aliphatic rings. The molecule has 6 nitrogen and oxygen atoms in total. The Morgan fingerprint density at radius 1 is 1.26 bits per heavy atom. The molecule has 0 saturated carbocycles. The van der Waals surface area contributed by atoms with E-state index in [4.69, 9.17) is 10.5 Å². The SMILES string of the molecule is Cc1cccc(N2C[C@H](C(=O)N3CCC(OCCCN)CC3)CC2=O)c1C. The van der Waals surface area contributed by atoms with Crippen LogP contribution in [0, 0.1) is 19.8 Å². The van der Waals surface area contributed by atoms with Gasteiger partial charge in [0.25, 0.3) is 0 Å². The van der Waals surface area contributed by atoms with Crippen LogP contribution < -0.4 is 10.6 Å². The van der Waals surface area contributed by atoms with Gasteiger partial charge in [-0.05, 0) is 56.8 Å². The molecule has 2 N–H and O–H groups in total. The van der Waals surface area contributed by atoms with Gasteiger partial charge in [0.15, 0.2) is 0 Å². The van der Waals surface area contributed by atoms with E-state index in [1.165, 1.54) is 0 Å². The van der Waals surface area contributed by atoms with Gasteiger partial charge in [0.2, 0.25) is 11.8 Å². The molecule has 27 heavy (non-hydrogen) atoms. The highest BCUT2D eigenvalue weighted by Crippen LogP contribution is 2.30. The number of aryl methyl sites for hydroxylation is 1. The molecule has 0 aliphatic carbocycles. The maximum absolute atomic E-state index is 12.9. The van der Waals surface area contributed by atoms with Crippen LogP contribution in [-0.4, -0.2) is 55.6 Å². The van der Waals surface area contributed by atoms with Crippen LogP contribution in [0.2, 0.25) is 0 Å². The third-order valence-corrected chi connectivity index (χ3v) is 5.80. The quantitative estimate of drug-likeness (QED) is 0.774. The van der Waals surface area contributed by atoms with E-state index in [1.807, 2.05) is 36.9 Å². The summed E-state index contributed by atoms with van der Waals surface area (Å²) in [6, 6.07) is 5.98. The number of nitrogens with two attached hydrogens (primary N) is 1. The number of benzene rings is 1. The van der Waals surface area contributed by atoms with Crippen molar-refractivity contribution in [2.24, 2.45) is 11.7 Å². The van der Waals surface area contributed by atoms with Gasteiger partial charge in [0.1, 0.15) is 0 Å². The molecular weight excluding hydrogens is 342 g/mol. The Bertz CT molecular complexity index is 683. The molecule has 2 amide bonds. The number of piperidine rings is 1. The molecule has 2 fully saturated rings. The van der Waals surface area contributed by atoms with Gasteiger partial charge in [0.05, 0.1) is 12.0 Å². The summed E-state index contributed by atoms with van der Waals surface area (Å²) in [5.74, 6) is -0.0919. The number of anilines is 1. The Kier molecular flexibility index (Phi) is 6.50. The number of nitrogens with zero attached hydrogens (tertiary/aromatic N) is 2. The first-order chi connectivity index (χ1) is 13.0. The first-order valence-corrected chi connectivity index (χ1v) is 9.98. The van der Waals surface area contributed by atoms with Gasteiger partial charge in [-0.3, -0.25) is 9.59 Å². The fourth-order valence-corrected chi connectivity index (χ4v) is 3.97. The Morgan fingerprint density at radius 2 is 2.00 bits per heavy atom. The first kappa shape index (κ1) is 19.8. The summed E-state index contributed by atoms with van der Waals surface area (Å²) < 4.78 is 5.81. The van der Waals surface area contributed by atoms with Crippen LogP contribution in [0.15, 0.2) is 18.2 Å². The standard InChI is InChI=1S/C21H31N3O3/c1-15-5-3-6-19(16(15)2)24-14-17(13-20(24)25)21(26)23-10-7-18(8-11-23)27-12-4-9-22/h3,5-6,17-18H,4,7-14,22H2,1-2H3/t17-/m1/s1. The Morgan fingerprint density at radius 3 is 2.70 bits per heavy atom. The highest BCUT2D eigenvalue weighted by atomic mass is 16.5. The molecule has 2 aliphatic heterocycles. The third-order valence-electron chi connectivity index (χ3n) is 5.80. The van der Waals surface area contributed by atoms with Crippen molar-refractivity contribution >= 4 is 17.5 Å². The highest BCUT2D eigenvalue weighted by molar-refractivity contribution is 6.00. The Hall–Kier alpha value is -1.92. The minimum Gasteiger partial charge on any atom is -0.378 e. The van der Waals surface area contributed by atoms with Crippen molar-refractivity contribution in [2.75, 3.05) is 37.7 Å². The number of likely N-dealkylation sites (tertiary alicyclic amines) is 1. The second kappa shape index (κ2) is 8.85. The summed E-state index contributed by atoms with van der Waals surface area (Å²) in [4.78, 5) is 29.2. The molecule has 1 aromatic rings. The minimum absolute atomic E-state index is 0.0436. The summed E-state index contributed by atoms with van der Waals surface area (Å²) in [7, 11) is 0. The molecule has 1 atom stereocenters. The lowest BCUT2D eigenvalue weighted by Gasteiger charge is -2.33. The average molecular weight is 373 g/mol. The van der Waals surface area contributed by atoms with Crippen LogP contribution >= 0.6 is 0 Å². The van der Waals surface area contributed by atoms with Crippen LogP contribution in [0.25, 0.3) is 0 Å². The van der Waals surface area contributed by atoms with Gasteiger partial charge in [0, 0.05) is 38.3 Å². The predicted octanol–water partition coefficient (Wildman–Crippen LogP) is 2.01. The summed E-state index contributed by atoms with van der Waals surface area (Å²) >= 11 is 0. The average Bonchev–Trinajstić information content (AvgIpc) is 3.06. The molecule has 3 rings (SSSR count). The van der Waals surface area contributed by atoms with Gasteiger partial charge in [-0.2, -0.15) is 0 Å². The molecule has 0 aromatic heterocycles. The van der Waals surface area contributed by atoms with Crippen molar-refractivity contribution in [3.8, 4) is 0 Å². The van der Waals surface area contributed by atoms with Gasteiger partial charge >= 0.3 is 0 Å². The third kappa shape index (κ3) is 4.50. The van der Waals surface area contributed by atoms with Crippen LogP contribution in [-0.2, 0) is 14.3 Å².